The van der Waals surface area contributed by atoms with Gasteiger partial charge < -0.3 is 20.4 Å². The van der Waals surface area contributed by atoms with Crippen LogP contribution in [0.25, 0.3) is 0 Å². The summed E-state index contributed by atoms with van der Waals surface area (Å²) in [5.41, 5.74) is 0. The maximum absolute atomic E-state index is 12.6. The second kappa shape index (κ2) is 10.3. The molecule has 3 aliphatic rings. The van der Waals surface area contributed by atoms with Crippen LogP contribution in [-0.4, -0.2) is 74.0 Å². The lowest BCUT2D eigenvalue weighted by molar-refractivity contribution is -0.134. The average molecular weight is 378 g/mol. The summed E-state index contributed by atoms with van der Waals surface area (Å²) < 4.78 is 0. The predicted octanol–water partition coefficient (Wildman–Crippen LogP) is 2.06. The van der Waals surface area contributed by atoms with Gasteiger partial charge in [0.05, 0.1) is 0 Å². The third kappa shape index (κ3) is 6.09. The zero-order valence-corrected chi connectivity index (χ0v) is 17.4. The van der Waals surface area contributed by atoms with E-state index < -0.39 is 0 Å². The van der Waals surface area contributed by atoms with Crippen LogP contribution < -0.4 is 10.6 Å². The van der Waals surface area contributed by atoms with E-state index in [4.69, 9.17) is 4.99 Å². The van der Waals surface area contributed by atoms with Gasteiger partial charge in [0.15, 0.2) is 5.96 Å². The molecule has 6 heteroatoms. The third-order valence-corrected chi connectivity index (χ3v) is 6.53. The molecule has 6 nitrogen and oxygen atoms in total. The molecule has 0 spiro atoms. The Kier molecular flexibility index (Phi) is 7.80. The Hall–Kier alpha value is -1.30. The number of nitrogens with zero attached hydrogens (tertiary/aromatic N) is 3. The van der Waals surface area contributed by atoms with Crippen molar-refractivity contribution in [3.8, 4) is 0 Å². The van der Waals surface area contributed by atoms with Crippen LogP contribution in [-0.2, 0) is 4.79 Å². The van der Waals surface area contributed by atoms with E-state index in [1.54, 1.807) is 0 Å². The Morgan fingerprint density at radius 3 is 2.52 bits per heavy atom. The maximum atomic E-state index is 12.6. The molecule has 1 saturated carbocycles. The monoisotopic (exact) mass is 377 g/mol. The van der Waals surface area contributed by atoms with E-state index in [1.165, 1.54) is 45.2 Å². The highest BCUT2D eigenvalue weighted by Gasteiger charge is 2.32. The SMILES string of the molecule is CCNC(=NCCC1CCN(C)CC1)NC1CCN(C(=O)C2CCCC2)C1. The van der Waals surface area contributed by atoms with E-state index in [-0.39, 0.29) is 0 Å². The fourth-order valence-electron chi connectivity index (χ4n) is 4.73. The number of rotatable bonds is 6. The number of hydrogen-bond donors (Lipinski definition) is 2. The van der Waals surface area contributed by atoms with Crippen molar-refractivity contribution in [3.05, 3.63) is 0 Å². The van der Waals surface area contributed by atoms with E-state index in [9.17, 15) is 4.79 Å². The zero-order chi connectivity index (χ0) is 19.1. The first-order chi connectivity index (χ1) is 13.2. The van der Waals surface area contributed by atoms with Crippen molar-refractivity contribution in [2.75, 3.05) is 46.3 Å². The number of aliphatic imine (C=N–C) groups is 1. The van der Waals surface area contributed by atoms with Crippen molar-refractivity contribution in [1.29, 1.82) is 0 Å². The van der Waals surface area contributed by atoms with Gasteiger partial charge in [-0.15, -0.1) is 0 Å². The molecule has 1 aliphatic carbocycles. The molecule has 0 aromatic carbocycles. The lowest BCUT2D eigenvalue weighted by Gasteiger charge is -2.28. The normalized spacial score (nSPS) is 25.9. The second-order valence-corrected chi connectivity index (χ2v) is 8.69. The first-order valence-electron chi connectivity index (χ1n) is 11.2. The molecule has 1 atom stereocenters. The third-order valence-electron chi connectivity index (χ3n) is 6.53. The minimum absolute atomic E-state index is 0.292. The molecule has 154 valence electrons. The van der Waals surface area contributed by atoms with Gasteiger partial charge in [0.1, 0.15) is 0 Å². The first-order valence-corrected chi connectivity index (χ1v) is 11.2. The van der Waals surface area contributed by atoms with Crippen LogP contribution >= 0.6 is 0 Å². The van der Waals surface area contributed by atoms with Gasteiger partial charge in [-0.1, -0.05) is 12.8 Å². The molecule has 1 unspecified atom stereocenters. The molecule has 27 heavy (non-hydrogen) atoms. The van der Waals surface area contributed by atoms with Crippen molar-refractivity contribution in [3.63, 3.8) is 0 Å². The van der Waals surface area contributed by atoms with E-state index >= 15 is 0 Å². The van der Waals surface area contributed by atoms with Crippen LogP contribution in [0.3, 0.4) is 0 Å². The summed E-state index contributed by atoms with van der Waals surface area (Å²) in [5, 5.41) is 6.95. The van der Waals surface area contributed by atoms with Crippen molar-refractivity contribution < 1.29 is 4.79 Å². The van der Waals surface area contributed by atoms with Crippen LogP contribution in [0.4, 0.5) is 0 Å². The zero-order valence-electron chi connectivity index (χ0n) is 17.4. The Morgan fingerprint density at radius 1 is 1.07 bits per heavy atom. The van der Waals surface area contributed by atoms with E-state index in [1.807, 2.05) is 0 Å². The number of carbonyl (C=O) groups excluding carboxylic acids is 1. The smallest absolute Gasteiger partial charge is 0.225 e. The lowest BCUT2D eigenvalue weighted by Crippen LogP contribution is -2.45. The quantitative estimate of drug-likeness (QED) is 0.549. The second-order valence-electron chi connectivity index (χ2n) is 8.69. The summed E-state index contributed by atoms with van der Waals surface area (Å²) in [4.78, 5) is 21.9. The minimum Gasteiger partial charge on any atom is -0.357 e. The Bertz CT molecular complexity index is 495. The molecule has 2 saturated heterocycles. The number of carbonyl (C=O) groups is 1. The van der Waals surface area contributed by atoms with Crippen LogP contribution in [0.2, 0.25) is 0 Å². The van der Waals surface area contributed by atoms with Gasteiger partial charge >= 0.3 is 0 Å². The van der Waals surface area contributed by atoms with E-state index in [2.05, 4.69) is 34.4 Å². The highest BCUT2D eigenvalue weighted by molar-refractivity contribution is 5.81. The van der Waals surface area contributed by atoms with Crippen LogP contribution in [0, 0.1) is 11.8 Å². The molecular weight excluding hydrogens is 338 g/mol. The first kappa shape index (κ1) is 20.4. The summed E-state index contributed by atoms with van der Waals surface area (Å²) in [5.74, 6) is 2.42. The molecule has 1 amide bonds. The van der Waals surface area contributed by atoms with Crippen LogP contribution in [0.15, 0.2) is 4.99 Å². The highest BCUT2D eigenvalue weighted by Crippen LogP contribution is 2.27. The van der Waals surface area contributed by atoms with Gasteiger partial charge in [-0.25, -0.2) is 0 Å². The number of piperidine rings is 1. The highest BCUT2D eigenvalue weighted by atomic mass is 16.2. The number of likely N-dealkylation sites (tertiary alicyclic amines) is 2. The number of amides is 1. The minimum atomic E-state index is 0.292. The molecular formula is C21H39N5O. The fraction of sp³-hybridized carbons (Fsp3) is 0.905. The van der Waals surface area contributed by atoms with Crippen LogP contribution in [0.5, 0.6) is 0 Å². The van der Waals surface area contributed by atoms with Crippen molar-refractivity contribution in [2.24, 2.45) is 16.8 Å². The number of nitrogens with one attached hydrogen (secondary N) is 2. The van der Waals surface area contributed by atoms with E-state index in [0.717, 1.165) is 57.3 Å². The van der Waals surface area contributed by atoms with Gasteiger partial charge in [-0.2, -0.15) is 0 Å². The molecule has 0 bridgehead atoms. The largest absolute Gasteiger partial charge is 0.357 e. The standard InChI is InChI=1S/C21H39N5O/c1-3-22-21(23-12-8-17-9-13-25(2)14-10-17)24-19-11-15-26(16-19)20(27)18-6-4-5-7-18/h17-19H,3-16H2,1-2H3,(H2,22,23,24). The van der Waals surface area contributed by atoms with Gasteiger partial charge in [-0.3, -0.25) is 9.79 Å². The topological polar surface area (TPSA) is 60.0 Å². The number of hydrogen-bond acceptors (Lipinski definition) is 3. The Labute approximate surface area is 165 Å². The van der Waals surface area contributed by atoms with E-state index in [0.29, 0.717) is 17.9 Å². The molecule has 3 rings (SSSR count). The molecule has 2 N–H and O–H groups in total. The molecule has 2 aliphatic heterocycles. The maximum Gasteiger partial charge on any atom is 0.225 e. The summed E-state index contributed by atoms with van der Waals surface area (Å²) in [7, 11) is 2.21. The molecule has 0 aromatic rings. The number of guanidine groups is 1. The molecule has 0 radical (unpaired) electrons. The van der Waals surface area contributed by atoms with Crippen molar-refractivity contribution in [1.82, 2.24) is 20.4 Å². The summed E-state index contributed by atoms with van der Waals surface area (Å²) >= 11 is 0. The van der Waals surface area contributed by atoms with Crippen molar-refractivity contribution >= 4 is 11.9 Å². The summed E-state index contributed by atoms with van der Waals surface area (Å²) in [6, 6.07) is 0.330. The summed E-state index contributed by atoms with van der Waals surface area (Å²) in [6.07, 6.45) is 9.44. The fourth-order valence-corrected chi connectivity index (χ4v) is 4.73. The van der Waals surface area contributed by atoms with Gasteiger partial charge in [0.2, 0.25) is 5.91 Å². The predicted molar refractivity (Wildman–Crippen MR) is 111 cm³/mol. The molecule has 0 aromatic heterocycles. The molecule has 2 heterocycles. The van der Waals surface area contributed by atoms with Crippen molar-refractivity contribution in [2.45, 2.75) is 64.3 Å². The summed E-state index contributed by atoms with van der Waals surface area (Å²) in [6.45, 7) is 8.04. The molecule has 3 fully saturated rings. The Morgan fingerprint density at radius 2 is 1.81 bits per heavy atom. The Balaban J connectivity index is 1.42. The van der Waals surface area contributed by atoms with Gasteiger partial charge in [-0.05, 0) is 71.5 Å². The van der Waals surface area contributed by atoms with Gasteiger partial charge in [0.25, 0.3) is 0 Å². The average Bonchev–Trinajstić information content (AvgIpc) is 3.35. The van der Waals surface area contributed by atoms with Crippen LogP contribution in [0.1, 0.15) is 58.3 Å². The lowest BCUT2D eigenvalue weighted by atomic mass is 9.94. The van der Waals surface area contributed by atoms with Gasteiger partial charge in [0, 0.05) is 38.1 Å².